The Morgan fingerprint density at radius 3 is 2.71 bits per heavy atom. The SMILES string of the molecule is COc1ccc([C@@H]2Nc3ccc(C(=O)[O-])cc3[C@H]3C=CC[C@@H]32)cc1. The molecule has 4 nitrogen and oxygen atoms in total. The molecule has 0 spiro atoms. The van der Waals surface area contributed by atoms with Crippen LogP contribution in [-0.4, -0.2) is 13.1 Å². The van der Waals surface area contributed by atoms with E-state index in [1.54, 1.807) is 19.2 Å². The summed E-state index contributed by atoms with van der Waals surface area (Å²) in [7, 11) is 1.66. The van der Waals surface area contributed by atoms with Crippen molar-refractivity contribution in [2.75, 3.05) is 12.4 Å². The fourth-order valence-electron chi connectivity index (χ4n) is 3.86. The monoisotopic (exact) mass is 320 g/mol. The van der Waals surface area contributed by atoms with Gasteiger partial charge in [-0.05, 0) is 53.3 Å². The number of carbonyl (C=O) groups excluding carboxylic acids is 1. The van der Waals surface area contributed by atoms with Crippen molar-refractivity contribution in [1.82, 2.24) is 0 Å². The number of nitrogens with one attached hydrogen (secondary N) is 1. The number of allylic oxidation sites excluding steroid dienone is 2. The first-order chi connectivity index (χ1) is 11.7. The molecule has 0 unspecified atom stereocenters. The summed E-state index contributed by atoms with van der Waals surface area (Å²) in [6, 6.07) is 13.5. The maximum Gasteiger partial charge on any atom is 0.118 e. The zero-order chi connectivity index (χ0) is 16.7. The maximum atomic E-state index is 11.2. The van der Waals surface area contributed by atoms with Crippen molar-refractivity contribution in [3.8, 4) is 5.75 Å². The number of carboxylic acid groups (broad SMARTS) is 1. The predicted molar refractivity (Wildman–Crippen MR) is 90.1 cm³/mol. The Balaban J connectivity index is 1.73. The lowest BCUT2D eigenvalue weighted by Crippen LogP contribution is -2.30. The average Bonchev–Trinajstić information content (AvgIpc) is 3.10. The summed E-state index contributed by atoms with van der Waals surface area (Å²) in [5.74, 6) is 0.318. The smallest absolute Gasteiger partial charge is 0.118 e. The Kier molecular flexibility index (Phi) is 3.53. The second kappa shape index (κ2) is 5.71. The van der Waals surface area contributed by atoms with Gasteiger partial charge in [0.1, 0.15) is 5.75 Å². The summed E-state index contributed by atoms with van der Waals surface area (Å²) in [6.45, 7) is 0. The number of hydrogen-bond donors (Lipinski definition) is 1. The van der Waals surface area contributed by atoms with Gasteiger partial charge in [-0.1, -0.05) is 30.4 Å². The number of ether oxygens (including phenoxy) is 1. The lowest BCUT2D eigenvalue weighted by Gasteiger charge is -2.37. The van der Waals surface area contributed by atoms with E-state index in [0.717, 1.165) is 23.4 Å². The number of aromatic carboxylic acids is 1. The molecule has 2 aliphatic rings. The number of fused-ring (bicyclic) bond motifs is 3. The van der Waals surface area contributed by atoms with Gasteiger partial charge in [-0.2, -0.15) is 0 Å². The van der Waals surface area contributed by atoms with Gasteiger partial charge in [0, 0.05) is 11.6 Å². The van der Waals surface area contributed by atoms with Crippen LogP contribution in [0.15, 0.2) is 54.6 Å². The zero-order valence-electron chi connectivity index (χ0n) is 13.4. The molecule has 0 bridgehead atoms. The van der Waals surface area contributed by atoms with Crippen molar-refractivity contribution >= 4 is 11.7 Å². The molecule has 4 rings (SSSR count). The van der Waals surface area contributed by atoms with Crippen molar-refractivity contribution in [3.05, 3.63) is 71.3 Å². The minimum Gasteiger partial charge on any atom is -0.545 e. The molecule has 0 amide bonds. The standard InChI is InChI=1S/C20H19NO3/c1-24-14-8-5-12(6-9-14)19-16-4-2-3-15(16)17-11-13(20(22)23)7-10-18(17)21-19/h2-3,5-11,15-16,19,21H,4H2,1H3,(H,22,23)/p-1/t15-,16-,19-/m0/s1. The van der Waals surface area contributed by atoms with Gasteiger partial charge in [-0.15, -0.1) is 0 Å². The molecular formula is C20H18NO3-. The van der Waals surface area contributed by atoms with E-state index in [4.69, 9.17) is 4.74 Å². The van der Waals surface area contributed by atoms with Gasteiger partial charge in [-0.25, -0.2) is 0 Å². The Morgan fingerprint density at radius 1 is 1.21 bits per heavy atom. The maximum absolute atomic E-state index is 11.2. The summed E-state index contributed by atoms with van der Waals surface area (Å²) < 4.78 is 5.24. The van der Waals surface area contributed by atoms with Crippen molar-refractivity contribution < 1.29 is 14.6 Å². The van der Waals surface area contributed by atoms with E-state index < -0.39 is 5.97 Å². The fourth-order valence-corrected chi connectivity index (χ4v) is 3.86. The van der Waals surface area contributed by atoms with Crippen LogP contribution < -0.4 is 15.2 Å². The highest BCUT2D eigenvalue weighted by Crippen LogP contribution is 2.49. The van der Waals surface area contributed by atoms with E-state index in [-0.39, 0.29) is 17.5 Å². The molecule has 1 aliphatic carbocycles. The molecule has 0 saturated heterocycles. The predicted octanol–water partition coefficient (Wildman–Crippen LogP) is 2.89. The molecule has 1 heterocycles. The van der Waals surface area contributed by atoms with E-state index >= 15 is 0 Å². The molecule has 24 heavy (non-hydrogen) atoms. The first-order valence-corrected chi connectivity index (χ1v) is 8.10. The number of methoxy groups -OCH3 is 1. The molecule has 1 aliphatic heterocycles. The minimum absolute atomic E-state index is 0.192. The third kappa shape index (κ3) is 2.35. The highest BCUT2D eigenvalue weighted by atomic mass is 16.5. The largest absolute Gasteiger partial charge is 0.545 e. The van der Waals surface area contributed by atoms with Crippen molar-refractivity contribution in [2.45, 2.75) is 18.4 Å². The van der Waals surface area contributed by atoms with Gasteiger partial charge >= 0.3 is 0 Å². The first-order valence-electron chi connectivity index (χ1n) is 8.10. The third-order valence-corrected chi connectivity index (χ3v) is 5.07. The lowest BCUT2D eigenvalue weighted by molar-refractivity contribution is -0.255. The van der Waals surface area contributed by atoms with Crippen molar-refractivity contribution in [3.63, 3.8) is 0 Å². The molecule has 2 aromatic carbocycles. The second-order valence-electron chi connectivity index (χ2n) is 6.34. The third-order valence-electron chi connectivity index (χ3n) is 5.07. The summed E-state index contributed by atoms with van der Waals surface area (Å²) >= 11 is 0. The quantitative estimate of drug-likeness (QED) is 0.883. The number of carbonyl (C=O) groups is 1. The van der Waals surface area contributed by atoms with Crippen LogP contribution in [0.1, 0.15) is 39.9 Å². The molecule has 0 aromatic heterocycles. The Hall–Kier alpha value is -2.75. The summed E-state index contributed by atoms with van der Waals surface area (Å²) in [5, 5.41) is 14.8. The van der Waals surface area contributed by atoms with Crippen LogP contribution in [0.3, 0.4) is 0 Å². The summed E-state index contributed by atoms with van der Waals surface area (Å²) in [6.07, 6.45) is 5.36. The van der Waals surface area contributed by atoms with Crippen LogP contribution in [-0.2, 0) is 0 Å². The van der Waals surface area contributed by atoms with Crippen LogP contribution in [0, 0.1) is 5.92 Å². The fraction of sp³-hybridized carbons (Fsp3) is 0.250. The molecule has 122 valence electrons. The number of rotatable bonds is 3. The van der Waals surface area contributed by atoms with Crippen LogP contribution in [0.4, 0.5) is 5.69 Å². The highest BCUT2D eigenvalue weighted by Gasteiger charge is 2.37. The minimum atomic E-state index is -1.13. The van der Waals surface area contributed by atoms with E-state index in [0.29, 0.717) is 5.92 Å². The number of benzene rings is 2. The first kappa shape index (κ1) is 14.8. The molecule has 2 aromatic rings. The van der Waals surface area contributed by atoms with Crippen LogP contribution >= 0.6 is 0 Å². The van der Waals surface area contributed by atoms with E-state index in [2.05, 4.69) is 29.6 Å². The highest BCUT2D eigenvalue weighted by molar-refractivity contribution is 5.87. The van der Waals surface area contributed by atoms with Gasteiger partial charge < -0.3 is 20.0 Å². The number of hydrogen-bond acceptors (Lipinski definition) is 4. The lowest BCUT2D eigenvalue weighted by atomic mass is 9.76. The topological polar surface area (TPSA) is 61.4 Å². The van der Waals surface area contributed by atoms with Gasteiger partial charge in [0.05, 0.1) is 19.1 Å². The molecule has 1 N–H and O–H groups in total. The Bertz CT molecular complexity index is 810. The summed E-state index contributed by atoms with van der Waals surface area (Å²) in [4.78, 5) is 11.2. The van der Waals surface area contributed by atoms with Gasteiger partial charge in [0.2, 0.25) is 0 Å². The van der Waals surface area contributed by atoms with E-state index in [1.165, 1.54) is 5.56 Å². The van der Waals surface area contributed by atoms with Crippen molar-refractivity contribution in [2.24, 2.45) is 5.92 Å². The van der Waals surface area contributed by atoms with Crippen molar-refractivity contribution in [1.29, 1.82) is 0 Å². The normalized spacial score (nSPS) is 24.0. The van der Waals surface area contributed by atoms with Crippen LogP contribution in [0.2, 0.25) is 0 Å². The molecule has 0 fully saturated rings. The van der Waals surface area contributed by atoms with Gasteiger partial charge in [0.15, 0.2) is 0 Å². The average molecular weight is 320 g/mol. The van der Waals surface area contributed by atoms with Crippen LogP contribution in [0.5, 0.6) is 5.75 Å². The molecular weight excluding hydrogens is 302 g/mol. The van der Waals surface area contributed by atoms with Gasteiger partial charge in [-0.3, -0.25) is 0 Å². The molecule has 0 radical (unpaired) electrons. The number of anilines is 1. The molecule has 0 saturated carbocycles. The van der Waals surface area contributed by atoms with Gasteiger partial charge in [0.25, 0.3) is 0 Å². The molecule has 4 heteroatoms. The zero-order valence-corrected chi connectivity index (χ0v) is 13.4. The second-order valence-corrected chi connectivity index (χ2v) is 6.34. The van der Waals surface area contributed by atoms with E-state index in [1.807, 2.05) is 18.2 Å². The van der Waals surface area contributed by atoms with E-state index in [9.17, 15) is 9.90 Å². The molecule has 3 atom stereocenters. The Labute approximate surface area is 140 Å². The van der Waals surface area contributed by atoms with Crippen LogP contribution in [0.25, 0.3) is 0 Å². The Morgan fingerprint density at radius 2 is 2.00 bits per heavy atom. The number of carboxylic acids is 1. The summed E-state index contributed by atoms with van der Waals surface area (Å²) in [5.41, 5.74) is 3.48.